The third kappa shape index (κ3) is 4.54. The number of rotatable bonds is 6. The van der Waals surface area contributed by atoms with Gasteiger partial charge in [0.05, 0.1) is 33.8 Å². The van der Waals surface area contributed by atoms with Gasteiger partial charge in [0.15, 0.2) is 11.5 Å². The zero-order valence-electron chi connectivity index (χ0n) is 21.3. The molecule has 3 heterocycles. The van der Waals surface area contributed by atoms with E-state index in [1.165, 1.54) is 4.90 Å². The van der Waals surface area contributed by atoms with Crippen molar-refractivity contribution >= 4 is 45.0 Å². The van der Waals surface area contributed by atoms with Crippen LogP contribution in [0.5, 0.6) is 11.5 Å². The molecule has 0 bridgehead atoms. The fourth-order valence-electron chi connectivity index (χ4n) is 4.20. The van der Waals surface area contributed by atoms with Crippen molar-refractivity contribution in [1.82, 2.24) is 9.88 Å². The fraction of sp³-hybridized carbons (Fsp3) is 0.214. The van der Waals surface area contributed by atoms with E-state index in [1.54, 1.807) is 40.1 Å². The Morgan fingerprint density at radius 1 is 1.08 bits per heavy atom. The number of nitrogens with zero attached hydrogens (tertiary/aromatic N) is 2. The van der Waals surface area contributed by atoms with Crippen molar-refractivity contribution in [1.29, 1.82) is 0 Å². The molecule has 0 atom stereocenters. The van der Waals surface area contributed by atoms with Crippen LogP contribution in [0.2, 0.25) is 0 Å². The molecule has 0 radical (unpaired) electrons. The standard InChI is InChI=1S/C28H25N3O6S/c1-5-35-28(34)23-15(2)24(27(33)31(3)4)38-26(23)30-25(32)18-13-20(29-19-9-7-6-8-17(18)19)16-10-11-21-22(12-16)37-14-36-21/h6-13H,5,14H2,1-4H3,(H,30,32). The lowest BCUT2D eigenvalue weighted by Crippen LogP contribution is -2.21. The molecule has 0 unspecified atom stereocenters. The smallest absolute Gasteiger partial charge is 0.341 e. The summed E-state index contributed by atoms with van der Waals surface area (Å²) < 4.78 is 16.1. The fourth-order valence-corrected chi connectivity index (χ4v) is 5.41. The van der Waals surface area contributed by atoms with Crippen molar-refractivity contribution in [3.05, 3.63) is 70.1 Å². The summed E-state index contributed by atoms with van der Waals surface area (Å²) in [6.07, 6.45) is 0. The summed E-state index contributed by atoms with van der Waals surface area (Å²) in [4.78, 5) is 45.9. The first-order chi connectivity index (χ1) is 18.3. The number of nitrogens with one attached hydrogen (secondary N) is 1. The first kappa shape index (κ1) is 25.2. The van der Waals surface area contributed by atoms with Gasteiger partial charge in [-0.2, -0.15) is 0 Å². The Balaban J connectivity index is 1.58. The molecule has 2 aromatic carbocycles. The quantitative estimate of drug-likeness (QED) is 0.344. The number of pyridine rings is 1. The number of amides is 2. The van der Waals surface area contributed by atoms with E-state index in [9.17, 15) is 14.4 Å². The minimum absolute atomic E-state index is 0.152. The zero-order chi connectivity index (χ0) is 27.0. The molecule has 5 rings (SSSR count). The number of thiophene rings is 1. The van der Waals surface area contributed by atoms with E-state index in [0.717, 1.165) is 16.9 Å². The van der Waals surface area contributed by atoms with Crippen LogP contribution in [0.25, 0.3) is 22.2 Å². The van der Waals surface area contributed by atoms with Crippen LogP contribution in [0.3, 0.4) is 0 Å². The van der Waals surface area contributed by atoms with E-state index in [2.05, 4.69) is 5.32 Å². The molecular formula is C28H25N3O6S. The minimum Gasteiger partial charge on any atom is -0.462 e. The number of benzene rings is 2. The van der Waals surface area contributed by atoms with Gasteiger partial charge in [-0.25, -0.2) is 9.78 Å². The maximum Gasteiger partial charge on any atom is 0.341 e. The van der Waals surface area contributed by atoms with E-state index in [1.807, 2.05) is 36.4 Å². The number of anilines is 1. The second-order valence-corrected chi connectivity index (χ2v) is 9.80. The first-order valence-electron chi connectivity index (χ1n) is 11.9. The number of hydrogen-bond acceptors (Lipinski definition) is 8. The number of aromatic nitrogens is 1. The van der Waals surface area contributed by atoms with Crippen LogP contribution in [0.1, 0.15) is 42.9 Å². The number of esters is 1. The van der Waals surface area contributed by atoms with Crippen molar-refractivity contribution in [2.75, 3.05) is 32.8 Å². The summed E-state index contributed by atoms with van der Waals surface area (Å²) in [5.41, 5.74) is 2.96. The molecule has 10 heteroatoms. The monoisotopic (exact) mass is 531 g/mol. The molecule has 38 heavy (non-hydrogen) atoms. The van der Waals surface area contributed by atoms with Crippen LogP contribution >= 0.6 is 11.3 Å². The summed E-state index contributed by atoms with van der Waals surface area (Å²) in [5.74, 6) is -0.0564. The lowest BCUT2D eigenvalue weighted by Gasteiger charge is -2.11. The van der Waals surface area contributed by atoms with Gasteiger partial charge in [0.1, 0.15) is 5.00 Å². The number of ether oxygens (including phenoxy) is 3. The third-order valence-electron chi connectivity index (χ3n) is 6.08. The molecule has 0 spiro atoms. The van der Waals surface area contributed by atoms with E-state index >= 15 is 0 Å². The maximum absolute atomic E-state index is 13.7. The van der Waals surface area contributed by atoms with Gasteiger partial charge in [0, 0.05) is 25.0 Å². The Hall–Kier alpha value is -4.44. The molecule has 194 valence electrons. The van der Waals surface area contributed by atoms with Crippen molar-refractivity contribution in [2.24, 2.45) is 0 Å². The van der Waals surface area contributed by atoms with Gasteiger partial charge < -0.3 is 24.4 Å². The highest BCUT2D eigenvalue weighted by Crippen LogP contribution is 2.37. The van der Waals surface area contributed by atoms with Crippen LogP contribution in [0, 0.1) is 6.92 Å². The number of hydrogen-bond donors (Lipinski definition) is 1. The summed E-state index contributed by atoms with van der Waals surface area (Å²) in [6, 6.07) is 14.5. The average Bonchev–Trinajstić information content (AvgIpc) is 3.51. The number of para-hydroxylation sites is 1. The van der Waals surface area contributed by atoms with Gasteiger partial charge in [0.2, 0.25) is 6.79 Å². The molecule has 0 aliphatic carbocycles. The molecule has 1 aliphatic rings. The maximum atomic E-state index is 13.7. The highest BCUT2D eigenvalue weighted by molar-refractivity contribution is 7.18. The Morgan fingerprint density at radius 3 is 2.61 bits per heavy atom. The predicted molar refractivity (Wildman–Crippen MR) is 144 cm³/mol. The minimum atomic E-state index is -0.602. The van der Waals surface area contributed by atoms with Crippen LogP contribution < -0.4 is 14.8 Å². The average molecular weight is 532 g/mol. The molecule has 0 saturated carbocycles. The number of carbonyl (C=O) groups is 3. The molecule has 2 amide bonds. The van der Waals surface area contributed by atoms with E-state index in [-0.39, 0.29) is 29.9 Å². The molecular weight excluding hydrogens is 506 g/mol. The van der Waals surface area contributed by atoms with Gasteiger partial charge in [0.25, 0.3) is 11.8 Å². The van der Waals surface area contributed by atoms with E-state index in [4.69, 9.17) is 19.2 Å². The second kappa shape index (κ2) is 10.1. The number of fused-ring (bicyclic) bond motifs is 2. The van der Waals surface area contributed by atoms with Gasteiger partial charge in [-0.1, -0.05) is 18.2 Å². The van der Waals surface area contributed by atoms with E-state index in [0.29, 0.717) is 44.1 Å². The molecule has 1 aliphatic heterocycles. The summed E-state index contributed by atoms with van der Waals surface area (Å²) >= 11 is 1.05. The van der Waals surface area contributed by atoms with Gasteiger partial charge >= 0.3 is 5.97 Å². The van der Waals surface area contributed by atoms with Crippen LogP contribution in [0.4, 0.5) is 5.00 Å². The van der Waals surface area contributed by atoms with Crippen LogP contribution in [-0.4, -0.2) is 55.2 Å². The number of carbonyl (C=O) groups excluding carboxylic acids is 3. The van der Waals surface area contributed by atoms with Gasteiger partial charge in [-0.05, 0) is 49.7 Å². The Bertz CT molecular complexity index is 1590. The lowest BCUT2D eigenvalue weighted by molar-refractivity contribution is 0.0527. The summed E-state index contributed by atoms with van der Waals surface area (Å²) in [7, 11) is 3.26. The second-order valence-electron chi connectivity index (χ2n) is 8.77. The first-order valence-corrected chi connectivity index (χ1v) is 12.7. The normalized spacial score (nSPS) is 11.9. The van der Waals surface area contributed by atoms with Crippen molar-refractivity contribution < 1.29 is 28.6 Å². The molecule has 1 N–H and O–H groups in total. The molecule has 0 saturated heterocycles. The van der Waals surface area contributed by atoms with Crippen LogP contribution in [0.15, 0.2) is 48.5 Å². The van der Waals surface area contributed by atoms with Gasteiger partial charge in [-0.3, -0.25) is 9.59 Å². The SMILES string of the molecule is CCOC(=O)c1c(NC(=O)c2cc(-c3ccc4c(c3)OCO4)nc3ccccc23)sc(C(=O)N(C)C)c1C. The lowest BCUT2D eigenvalue weighted by atomic mass is 10.0. The summed E-state index contributed by atoms with van der Waals surface area (Å²) in [6.45, 7) is 3.69. The third-order valence-corrected chi connectivity index (χ3v) is 7.28. The van der Waals surface area contributed by atoms with Gasteiger partial charge in [-0.15, -0.1) is 11.3 Å². The van der Waals surface area contributed by atoms with E-state index < -0.39 is 11.9 Å². The predicted octanol–water partition coefficient (Wildman–Crippen LogP) is 5.13. The van der Waals surface area contributed by atoms with Crippen molar-refractivity contribution in [3.63, 3.8) is 0 Å². The van der Waals surface area contributed by atoms with Crippen LogP contribution in [-0.2, 0) is 4.74 Å². The van der Waals surface area contributed by atoms with Crippen molar-refractivity contribution in [3.8, 4) is 22.8 Å². The highest BCUT2D eigenvalue weighted by atomic mass is 32.1. The van der Waals surface area contributed by atoms with Crippen molar-refractivity contribution in [2.45, 2.75) is 13.8 Å². The molecule has 0 fully saturated rings. The largest absolute Gasteiger partial charge is 0.462 e. The molecule has 2 aromatic heterocycles. The zero-order valence-corrected chi connectivity index (χ0v) is 22.1. The molecule has 9 nitrogen and oxygen atoms in total. The highest BCUT2D eigenvalue weighted by Gasteiger charge is 2.28. The Kier molecular flexibility index (Phi) is 6.73. The molecule has 4 aromatic rings. The summed E-state index contributed by atoms with van der Waals surface area (Å²) in [5, 5.41) is 3.76. The topological polar surface area (TPSA) is 107 Å². The Morgan fingerprint density at radius 2 is 1.84 bits per heavy atom. The Labute approximate surface area is 223 Å².